The van der Waals surface area contributed by atoms with Gasteiger partial charge in [-0.1, -0.05) is 12.1 Å². The molecule has 142 valence electrons. The lowest BCUT2D eigenvalue weighted by atomic mass is 10.0. The highest BCUT2D eigenvalue weighted by Gasteiger charge is 2.25. The fourth-order valence-electron chi connectivity index (χ4n) is 3.32. The van der Waals surface area contributed by atoms with Crippen LogP contribution in [0.3, 0.4) is 0 Å². The molecule has 2 aromatic carbocycles. The summed E-state index contributed by atoms with van der Waals surface area (Å²) in [4.78, 5) is 27.0. The van der Waals surface area contributed by atoms with E-state index in [0.717, 1.165) is 18.4 Å². The van der Waals surface area contributed by atoms with E-state index in [1.807, 2.05) is 49.1 Å². The predicted octanol–water partition coefficient (Wildman–Crippen LogP) is 3.35. The Labute approximate surface area is 160 Å². The Hall–Kier alpha value is -2.82. The summed E-state index contributed by atoms with van der Waals surface area (Å²) in [7, 11) is 1.59. The number of aryl methyl sites for hydroxylation is 2. The molecule has 1 heterocycles. The molecule has 0 spiro atoms. The van der Waals surface area contributed by atoms with Gasteiger partial charge in [0, 0.05) is 30.3 Å². The summed E-state index contributed by atoms with van der Waals surface area (Å²) in [5.41, 5.74) is 3.61. The first kappa shape index (κ1) is 19.0. The molecule has 1 aliphatic rings. The number of hydrogen-bond acceptors (Lipinski definition) is 3. The van der Waals surface area contributed by atoms with E-state index in [1.54, 1.807) is 19.2 Å². The molecule has 0 unspecified atom stereocenters. The third-order valence-corrected chi connectivity index (χ3v) is 5.20. The monoisotopic (exact) mass is 366 g/mol. The molecule has 27 heavy (non-hydrogen) atoms. The first-order chi connectivity index (χ1) is 13.0. The fourth-order valence-corrected chi connectivity index (χ4v) is 3.32. The zero-order chi connectivity index (χ0) is 19.4. The standard InChI is InChI=1S/C22H26N2O3/c1-15-7-8-17(13-16(15)2)21(25)23-19-9-11-24(12-10-19)22(26)18-5-4-6-20(14-18)27-3/h4-8,13-14,19H,9-12H2,1-3H3,(H,23,25). The number of carbonyl (C=O) groups is 2. The summed E-state index contributed by atoms with van der Waals surface area (Å²) in [5, 5.41) is 3.10. The van der Waals surface area contributed by atoms with Crippen LogP contribution in [0.4, 0.5) is 0 Å². The van der Waals surface area contributed by atoms with Gasteiger partial charge in [0.2, 0.25) is 0 Å². The van der Waals surface area contributed by atoms with Crippen LogP contribution < -0.4 is 10.1 Å². The van der Waals surface area contributed by atoms with Gasteiger partial charge in [0.05, 0.1) is 7.11 Å². The molecule has 3 rings (SSSR count). The molecule has 5 heteroatoms. The molecule has 0 atom stereocenters. The Morgan fingerprint density at radius 1 is 1.00 bits per heavy atom. The number of benzene rings is 2. The average molecular weight is 366 g/mol. The quantitative estimate of drug-likeness (QED) is 0.903. The molecule has 0 bridgehead atoms. The number of ether oxygens (including phenoxy) is 1. The highest BCUT2D eigenvalue weighted by atomic mass is 16.5. The molecule has 2 aromatic rings. The van der Waals surface area contributed by atoms with E-state index in [9.17, 15) is 9.59 Å². The van der Waals surface area contributed by atoms with Gasteiger partial charge in [-0.05, 0) is 68.1 Å². The van der Waals surface area contributed by atoms with Crippen LogP contribution in [0.15, 0.2) is 42.5 Å². The highest BCUT2D eigenvalue weighted by Crippen LogP contribution is 2.18. The van der Waals surface area contributed by atoms with Gasteiger partial charge in [0.1, 0.15) is 5.75 Å². The van der Waals surface area contributed by atoms with Crippen LogP contribution in [0.5, 0.6) is 5.75 Å². The average Bonchev–Trinajstić information content (AvgIpc) is 2.70. The normalized spacial score (nSPS) is 14.7. The second-order valence-corrected chi connectivity index (χ2v) is 7.07. The van der Waals surface area contributed by atoms with Crippen molar-refractivity contribution in [1.82, 2.24) is 10.2 Å². The minimum Gasteiger partial charge on any atom is -0.497 e. The Kier molecular flexibility index (Phi) is 5.79. The van der Waals surface area contributed by atoms with Crippen LogP contribution >= 0.6 is 0 Å². The van der Waals surface area contributed by atoms with Crippen LogP contribution in [0.1, 0.15) is 44.7 Å². The maximum atomic E-state index is 12.7. The number of hydrogen-bond donors (Lipinski definition) is 1. The summed E-state index contributed by atoms with van der Waals surface area (Å²) in [6, 6.07) is 13.1. The Morgan fingerprint density at radius 2 is 1.74 bits per heavy atom. The van der Waals surface area contributed by atoms with Crippen molar-refractivity contribution in [1.29, 1.82) is 0 Å². The molecule has 1 fully saturated rings. The third kappa shape index (κ3) is 4.48. The van der Waals surface area contributed by atoms with Gasteiger partial charge < -0.3 is 15.0 Å². The maximum Gasteiger partial charge on any atom is 0.253 e. The van der Waals surface area contributed by atoms with Crippen molar-refractivity contribution in [3.63, 3.8) is 0 Å². The molecule has 0 radical (unpaired) electrons. The minimum absolute atomic E-state index is 0.00726. The summed E-state index contributed by atoms with van der Waals surface area (Å²) in [5.74, 6) is 0.639. The lowest BCUT2D eigenvalue weighted by Crippen LogP contribution is -2.46. The lowest BCUT2D eigenvalue weighted by molar-refractivity contribution is 0.0697. The number of nitrogens with zero attached hydrogens (tertiary/aromatic N) is 1. The summed E-state index contributed by atoms with van der Waals surface area (Å²) in [6.45, 7) is 5.31. The van der Waals surface area contributed by atoms with Crippen LogP contribution in [-0.4, -0.2) is 43.0 Å². The maximum absolute atomic E-state index is 12.7. The Bertz CT molecular complexity index is 839. The number of carbonyl (C=O) groups excluding carboxylic acids is 2. The van der Waals surface area contributed by atoms with Crippen molar-refractivity contribution in [3.05, 3.63) is 64.7 Å². The van der Waals surface area contributed by atoms with Crippen molar-refractivity contribution in [2.45, 2.75) is 32.7 Å². The van der Waals surface area contributed by atoms with Gasteiger partial charge in [0.25, 0.3) is 11.8 Å². The van der Waals surface area contributed by atoms with Gasteiger partial charge in [-0.3, -0.25) is 9.59 Å². The second kappa shape index (κ2) is 8.25. The Morgan fingerprint density at radius 3 is 2.41 bits per heavy atom. The number of piperidine rings is 1. The molecule has 0 aliphatic carbocycles. The molecule has 1 saturated heterocycles. The van der Waals surface area contributed by atoms with Gasteiger partial charge in [-0.15, -0.1) is 0 Å². The molecular formula is C22H26N2O3. The molecule has 0 saturated carbocycles. The number of likely N-dealkylation sites (tertiary alicyclic amines) is 1. The van der Waals surface area contributed by atoms with Gasteiger partial charge >= 0.3 is 0 Å². The molecule has 2 amide bonds. The van der Waals surface area contributed by atoms with Crippen LogP contribution in [0.2, 0.25) is 0 Å². The van der Waals surface area contributed by atoms with Gasteiger partial charge in [-0.2, -0.15) is 0 Å². The summed E-state index contributed by atoms with van der Waals surface area (Å²) >= 11 is 0. The molecule has 1 aliphatic heterocycles. The van der Waals surface area contributed by atoms with Crippen LogP contribution in [0.25, 0.3) is 0 Å². The number of rotatable bonds is 4. The van der Waals surface area contributed by atoms with E-state index in [0.29, 0.717) is 30.0 Å². The first-order valence-electron chi connectivity index (χ1n) is 9.29. The van der Waals surface area contributed by atoms with E-state index in [1.165, 1.54) is 5.56 Å². The van der Waals surface area contributed by atoms with E-state index < -0.39 is 0 Å². The van der Waals surface area contributed by atoms with Crippen molar-refractivity contribution in [2.75, 3.05) is 20.2 Å². The smallest absolute Gasteiger partial charge is 0.253 e. The summed E-state index contributed by atoms with van der Waals surface area (Å²) in [6.07, 6.45) is 1.51. The molecule has 1 N–H and O–H groups in total. The topological polar surface area (TPSA) is 58.6 Å². The third-order valence-electron chi connectivity index (χ3n) is 5.20. The van der Waals surface area contributed by atoms with E-state index in [4.69, 9.17) is 4.74 Å². The van der Waals surface area contributed by atoms with Crippen LogP contribution in [0, 0.1) is 13.8 Å². The van der Waals surface area contributed by atoms with Crippen molar-refractivity contribution >= 4 is 11.8 Å². The Balaban J connectivity index is 1.56. The zero-order valence-corrected chi connectivity index (χ0v) is 16.1. The molecular weight excluding hydrogens is 340 g/mol. The van der Waals surface area contributed by atoms with E-state index in [-0.39, 0.29) is 17.9 Å². The van der Waals surface area contributed by atoms with Crippen molar-refractivity contribution < 1.29 is 14.3 Å². The number of amides is 2. The molecule has 5 nitrogen and oxygen atoms in total. The van der Waals surface area contributed by atoms with E-state index >= 15 is 0 Å². The zero-order valence-electron chi connectivity index (χ0n) is 16.1. The van der Waals surface area contributed by atoms with Crippen molar-refractivity contribution in [2.24, 2.45) is 0 Å². The van der Waals surface area contributed by atoms with Gasteiger partial charge in [0.15, 0.2) is 0 Å². The number of nitrogens with one attached hydrogen (secondary N) is 1. The second-order valence-electron chi connectivity index (χ2n) is 7.07. The summed E-state index contributed by atoms with van der Waals surface area (Å²) < 4.78 is 5.19. The van der Waals surface area contributed by atoms with Gasteiger partial charge in [-0.25, -0.2) is 0 Å². The minimum atomic E-state index is -0.0457. The fraction of sp³-hybridized carbons (Fsp3) is 0.364. The lowest BCUT2D eigenvalue weighted by Gasteiger charge is -2.32. The largest absolute Gasteiger partial charge is 0.497 e. The van der Waals surface area contributed by atoms with E-state index in [2.05, 4.69) is 5.32 Å². The molecule has 0 aromatic heterocycles. The van der Waals surface area contributed by atoms with Crippen LogP contribution in [-0.2, 0) is 0 Å². The van der Waals surface area contributed by atoms with Crippen molar-refractivity contribution in [3.8, 4) is 5.75 Å². The number of methoxy groups -OCH3 is 1. The predicted molar refractivity (Wildman–Crippen MR) is 105 cm³/mol. The first-order valence-corrected chi connectivity index (χ1v) is 9.29. The SMILES string of the molecule is COc1cccc(C(=O)N2CCC(NC(=O)c3ccc(C)c(C)c3)CC2)c1. The highest BCUT2D eigenvalue weighted by molar-refractivity contribution is 5.95.